The summed E-state index contributed by atoms with van der Waals surface area (Å²) < 4.78 is 11.4. The van der Waals surface area contributed by atoms with Gasteiger partial charge in [0.2, 0.25) is 5.91 Å². The third kappa shape index (κ3) is 6.22. The van der Waals surface area contributed by atoms with Gasteiger partial charge in [-0.05, 0) is 66.4 Å². The number of carbonyl (C=O) groups is 1. The molecule has 0 saturated carbocycles. The van der Waals surface area contributed by atoms with E-state index in [-0.39, 0.29) is 11.9 Å². The molecule has 1 unspecified atom stereocenters. The summed E-state index contributed by atoms with van der Waals surface area (Å²) in [6.45, 7) is 2.37. The molecule has 0 radical (unpaired) electrons. The third-order valence-electron chi connectivity index (χ3n) is 4.74. The van der Waals surface area contributed by atoms with Crippen LogP contribution in [0.4, 0.5) is 0 Å². The number of pyridine rings is 1. The molecule has 30 heavy (non-hydrogen) atoms. The van der Waals surface area contributed by atoms with Crippen LogP contribution in [0, 0.1) is 0 Å². The molecular weight excluding hydrogens is 400 g/mol. The lowest BCUT2D eigenvalue weighted by Crippen LogP contribution is -2.26. The van der Waals surface area contributed by atoms with Crippen LogP contribution in [0.5, 0.6) is 11.5 Å². The van der Waals surface area contributed by atoms with Crippen molar-refractivity contribution < 1.29 is 14.3 Å². The van der Waals surface area contributed by atoms with Crippen LogP contribution in [0.3, 0.4) is 0 Å². The summed E-state index contributed by atoms with van der Waals surface area (Å²) in [6.07, 6.45) is 4.50. The van der Waals surface area contributed by atoms with E-state index >= 15 is 0 Å². The molecule has 5 nitrogen and oxygen atoms in total. The summed E-state index contributed by atoms with van der Waals surface area (Å²) in [5.74, 6) is 1.26. The van der Waals surface area contributed by atoms with Gasteiger partial charge in [-0.15, -0.1) is 0 Å². The van der Waals surface area contributed by atoms with Crippen LogP contribution >= 0.6 is 11.6 Å². The largest absolute Gasteiger partial charge is 0.493 e. The van der Waals surface area contributed by atoms with Gasteiger partial charge in [0.25, 0.3) is 0 Å². The standard InChI is InChI=1S/C24H25ClN2O3/c1-17(27-24(28)9-6-18-4-3-5-21(25)14-18)20-7-8-22(23(15-20)29-2)30-16-19-10-12-26-13-11-19/h3-5,7-8,10-15,17H,6,9,16H2,1-2H3,(H,27,28). The number of aryl methyl sites for hydroxylation is 1. The van der Waals surface area contributed by atoms with E-state index in [2.05, 4.69) is 10.3 Å². The molecule has 6 heteroatoms. The third-order valence-corrected chi connectivity index (χ3v) is 4.97. The van der Waals surface area contributed by atoms with E-state index in [1.54, 1.807) is 19.5 Å². The van der Waals surface area contributed by atoms with Crippen molar-refractivity contribution in [3.63, 3.8) is 0 Å². The Morgan fingerprint density at radius 2 is 1.87 bits per heavy atom. The van der Waals surface area contributed by atoms with Crippen molar-refractivity contribution >= 4 is 17.5 Å². The average Bonchev–Trinajstić information content (AvgIpc) is 2.77. The quantitative estimate of drug-likeness (QED) is 0.517. The van der Waals surface area contributed by atoms with E-state index in [1.807, 2.05) is 61.5 Å². The second kappa shape index (κ2) is 10.6. The van der Waals surface area contributed by atoms with Crippen LogP contribution in [0.1, 0.15) is 36.1 Å². The number of hydrogen-bond acceptors (Lipinski definition) is 4. The SMILES string of the molecule is COc1cc(C(C)NC(=O)CCc2cccc(Cl)c2)ccc1OCc1ccncc1. The number of nitrogens with one attached hydrogen (secondary N) is 1. The van der Waals surface area contributed by atoms with E-state index in [1.165, 1.54) is 0 Å². The van der Waals surface area contributed by atoms with Gasteiger partial charge in [-0.3, -0.25) is 9.78 Å². The number of hydrogen-bond donors (Lipinski definition) is 1. The molecular formula is C24H25ClN2O3. The summed E-state index contributed by atoms with van der Waals surface area (Å²) in [5.41, 5.74) is 3.01. The predicted molar refractivity (Wildman–Crippen MR) is 118 cm³/mol. The number of aromatic nitrogens is 1. The topological polar surface area (TPSA) is 60.5 Å². The minimum Gasteiger partial charge on any atom is -0.493 e. The summed E-state index contributed by atoms with van der Waals surface area (Å²) >= 11 is 6.00. The van der Waals surface area contributed by atoms with Gasteiger partial charge in [-0.1, -0.05) is 29.8 Å². The van der Waals surface area contributed by atoms with Crippen molar-refractivity contribution in [2.24, 2.45) is 0 Å². The summed E-state index contributed by atoms with van der Waals surface area (Å²) in [7, 11) is 1.60. The molecule has 156 valence electrons. The maximum atomic E-state index is 12.4. The molecule has 0 saturated heterocycles. The van der Waals surface area contributed by atoms with Crippen LogP contribution in [0.2, 0.25) is 5.02 Å². The molecule has 0 aliphatic heterocycles. The first kappa shape index (κ1) is 21.7. The first-order valence-corrected chi connectivity index (χ1v) is 10.2. The number of ether oxygens (including phenoxy) is 2. The Kier molecular flexibility index (Phi) is 7.69. The smallest absolute Gasteiger partial charge is 0.220 e. The van der Waals surface area contributed by atoms with Crippen LogP contribution in [-0.4, -0.2) is 18.0 Å². The fraction of sp³-hybridized carbons (Fsp3) is 0.250. The van der Waals surface area contributed by atoms with Crippen molar-refractivity contribution in [3.8, 4) is 11.5 Å². The van der Waals surface area contributed by atoms with Gasteiger partial charge in [0, 0.05) is 23.8 Å². The predicted octanol–water partition coefficient (Wildman–Crippen LogP) is 5.13. The molecule has 0 spiro atoms. The normalized spacial score (nSPS) is 11.6. The molecule has 3 aromatic rings. The molecule has 2 aromatic carbocycles. The van der Waals surface area contributed by atoms with E-state index in [0.717, 1.165) is 16.7 Å². The van der Waals surface area contributed by atoms with E-state index in [4.69, 9.17) is 21.1 Å². The van der Waals surface area contributed by atoms with E-state index < -0.39 is 0 Å². The molecule has 0 aliphatic carbocycles. The minimum absolute atomic E-state index is 0.0144. The van der Waals surface area contributed by atoms with E-state index in [9.17, 15) is 4.79 Å². The molecule has 0 fully saturated rings. The van der Waals surface area contributed by atoms with E-state index in [0.29, 0.717) is 36.0 Å². The van der Waals surface area contributed by atoms with Gasteiger partial charge in [-0.25, -0.2) is 0 Å². The number of halogens is 1. The monoisotopic (exact) mass is 424 g/mol. The molecule has 1 atom stereocenters. The number of benzene rings is 2. The van der Waals surface area contributed by atoms with Crippen molar-refractivity contribution in [2.45, 2.75) is 32.4 Å². The highest BCUT2D eigenvalue weighted by Crippen LogP contribution is 2.31. The highest BCUT2D eigenvalue weighted by molar-refractivity contribution is 6.30. The van der Waals surface area contributed by atoms with Crippen LogP contribution in [0.25, 0.3) is 0 Å². The minimum atomic E-state index is -0.153. The summed E-state index contributed by atoms with van der Waals surface area (Å²) in [4.78, 5) is 16.4. The zero-order chi connectivity index (χ0) is 21.3. The Bertz CT molecular complexity index is 979. The molecule has 0 aliphatic rings. The first-order valence-electron chi connectivity index (χ1n) is 9.78. The second-order valence-electron chi connectivity index (χ2n) is 6.97. The molecule has 1 aromatic heterocycles. The molecule has 1 amide bonds. The molecule has 1 heterocycles. The Morgan fingerprint density at radius 1 is 1.07 bits per heavy atom. The lowest BCUT2D eigenvalue weighted by molar-refractivity contribution is -0.121. The maximum Gasteiger partial charge on any atom is 0.220 e. The van der Waals surface area contributed by atoms with Crippen LogP contribution in [0.15, 0.2) is 67.0 Å². The fourth-order valence-electron chi connectivity index (χ4n) is 3.06. The van der Waals surface area contributed by atoms with Crippen molar-refractivity contribution in [1.29, 1.82) is 0 Å². The molecule has 0 bridgehead atoms. The zero-order valence-corrected chi connectivity index (χ0v) is 17.9. The number of methoxy groups -OCH3 is 1. The Morgan fingerprint density at radius 3 is 2.60 bits per heavy atom. The van der Waals surface area contributed by atoms with Crippen LogP contribution in [-0.2, 0) is 17.8 Å². The highest BCUT2D eigenvalue weighted by Gasteiger charge is 2.13. The summed E-state index contributed by atoms with van der Waals surface area (Å²) in [5, 5.41) is 3.71. The maximum absolute atomic E-state index is 12.4. The van der Waals surface area contributed by atoms with Gasteiger partial charge < -0.3 is 14.8 Å². The fourth-order valence-corrected chi connectivity index (χ4v) is 3.27. The Labute approximate surface area is 182 Å². The Balaban J connectivity index is 1.57. The van der Waals surface area contributed by atoms with Crippen LogP contribution < -0.4 is 14.8 Å². The Hall–Kier alpha value is -3.05. The van der Waals surface area contributed by atoms with Gasteiger partial charge in [-0.2, -0.15) is 0 Å². The molecule has 3 rings (SSSR count). The molecule has 1 N–H and O–H groups in total. The lowest BCUT2D eigenvalue weighted by Gasteiger charge is -2.17. The van der Waals surface area contributed by atoms with Gasteiger partial charge >= 0.3 is 0 Å². The summed E-state index contributed by atoms with van der Waals surface area (Å²) in [6, 6.07) is 16.9. The number of rotatable bonds is 9. The van der Waals surface area contributed by atoms with Gasteiger partial charge in [0.15, 0.2) is 11.5 Å². The first-order chi connectivity index (χ1) is 14.5. The van der Waals surface area contributed by atoms with Crippen molar-refractivity contribution in [1.82, 2.24) is 10.3 Å². The van der Waals surface area contributed by atoms with Gasteiger partial charge in [0.1, 0.15) is 6.61 Å². The number of carbonyl (C=O) groups excluding carboxylic acids is 1. The highest BCUT2D eigenvalue weighted by atomic mass is 35.5. The average molecular weight is 425 g/mol. The lowest BCUT2D eigenvalue weighted by atomic mass is 10.1. The number of nitrogens with zero attached hydrogens (tertiary/aromatic N) is 1. The number of amides is 1. The van der Waals surface area contributed by atoms with Gasteiger partial charge in [0.05, 0.1) is 13.2 Å². The zero-order valence-electron chi connectivity index (χ0n) is 17.1. The second-order valence-corrected chi connectivity index (χ2v) is 7.41. The van der Waals surface area contributed by atoms with Crippen molar-refractivity contribution in [2.75, 3.05) is 7.11 Å². The van der Waals surface area contributed by atoms with Crippen molar-refractivity contribution in [3.05, 3.63) is 88.7 Å².